The average Bonchev–Trinajstić information content (AvgIpc) is 2.71. The predicted molar refractivity (Wildman–Crippen MR) is 68.8 cm³/mol. The highest BCUT2D eigenvalue weighted by Crippen LogP contribution is 2.34. The molecule has 1 heterocycles. The molecule has 0 amide bonds. The number of ether oxygens (including phenoxy) is 3. The first-order valence-electron chi connectivity index (χ1n) is 6.36. The Labute approximate surface area is 110 Å². The lowest BCUT2D eigenvalue weighted by Gasteiger charge is -2.34. The quantitative estimate of drug-likeness (QED) is 0.297. The zero-order chi connectivity index (χ0) is 13.8. The van der Waals surface area contributed by atoms with Crippen LogP contribution in [0.3, 0.4) is 0 Å². The summed E-state index contributed by atoms with van der Waals surface area (Å²) in [7, 11) is 2.41. The van der Waals surface area contributed by atoms with Crippen LogP contribution >= 0.6 is 0 Å². The fourth-order valence-corrected chi connectivity index (χ4v) is 4.86. The van der Waals surface area contributed by atoms with Crippen molar-refractivity contribution >= 4 is 21.5 Å². The molecule has 0 aromatic rings. The fourth-order valence-electron chi connectivity index (χ4n) is 2.51. The number of cyclic esters (lactones) is 2. The zero-order valence-electron chi connectivity index (χ0n) is 11.5. The molecule has 0 aromatic carbocycles. The van der Waals surface area contributed by atoms with E-state index in [9.17, 15) is 9.59 Å². The second-order valence-electron chi connectivity index (χ2n) is 4.65. The lowest BCUT2D eigenvalue weighted by atomic mass is 10.0. The fraction of sp³-hybridized carbons (Fsp3) is 0.833. The first kappa shape index (κ1) is 15.3. The molecule has 0 radical (unpaired) electrons. The van der Waals surface area contributed by atoms with Crippen molar-refractivity contribution in [1.29, 1.82) is 0 Å². The molecule has 2 unspecified atom stereocenters. The molecule has 0 spiro atoms. The topological polar surface area (TPSA) is 61.8 Å². The Morgan fingerprint density at radius 3 is 2.33 bits per heavy atom. The van der Waals surface area contributed by atoms with E-state index in [0.717, 1.165) is 12.8 Å². The Morgan fingerprint density at radius 2 is 2.00 bits per heavy atom. The Kier molecular flexibility index (Phi) is 5.49. The average molecular weight is 274 g/mol. The number of carbonyl (C=O) groups excluding carboxylic acids is 2. The molecule has 5 nitrogen and oxygen atoms in total. The van der Waals surface area contributed by atoms with Crippen LogP contribution in [-0.4, -0.2) is 41.1 Å². The van der Waals surface area contributed by atoms with Gasteiger partial charge in [-0.1, -0.05) is 20.3 Å². The normalized spacial score (nSPS) is 22.8. The van der Waals surface area contributed by atoms with Gasteiger partial charge in [0.05, 0.1) is 21.9 Å². The maximum absolute atomic E-state index is 11.6. The molecule has 0 saturated carbocycles. The molecule has 6 heteroatoms. The van der Waals surface area contributed by atoms with Gasteiger partial charge in [-0.05, 0) is 12.0 Å². The third-order valence-corrected chi connectivity index (χ3v) is 7.22. The summed E-state index contributed by atoms with van der Waals surface area (Å²) < 4.78 is 15.6. The van der Waals surface area contributed by atoms with E-state index in [1.165, 1.54) is 0 Å². The monoisotopic (exact) mass is 274 g/mol. The molecule has 0 aliphatic carbocycles. The van der Waals surface area contributed by atoms with Crippen molar-refractivity contribution in [2.75, 3.05) is 14.2 Å². The summed E-state index contributed by atoms with van der Waals surface area (Å²) in [6, 6.07) is 0. The Balaban J connectivity index is 2.78. The number of rotatable bonds is 7. The maximum Gasteiger partial charge on any atom is 0.317 e. The number of carbonyl (C=O) groups is 2. The van der Waals surface area contributed by atoms with E-state index in [0.29, 0.717) is 0 Å². The highest BCUT2D eigenvalue weighted by molar-refractivity contribution is 6.41. The highest BCUT2D eigenvalue weighted by atomic mass is 28.2. The van der Waals surface area contributed by atoms with Gasteiger partial charge in [0.2, 0.25) is 0 Å². The van der Waals surface area contributed by atoms with Crippen LogP contribution in [0.4, 0.5) is 0 Å². The molecule has 2 atom stereocenters. The minimum absolute atomic E-state index is 0.170. The van der Waals surface area contributed by atoms with Gasteiger partial charge in [0.15, 0.2) is 0 Å². The molecule has 0 aromatic heterocycles. The molecule has 1 rings (SSSR count). The molecule has 1 saturated heterocycles. The molecule has 1 fully saturated rings. The summed E-state index contributed by atoms with van der Waals surface area (Å²) in [5, 5.41) is 0. The van der Waals surface area contributed by atoms with Gasteiger partial charge in [0, 0.05) is 14.2 Å². The van der Waals surface area contributed by atoms with Gasteiger partial charge in [0.1, 0.15) is 5.41 Å². The summed E-state index contributed by atoms with van der Waals surface area (Å²) in [4.78, 5) is 22.8. The van der Waals surface area contributed by atoms with Crippen molar-refractivity contribution in [2.24, 2.45) is 5.92 Å². The number of hydrogen-bond donors (Lipinski definition) is 0. The summed E-state index contributed by atoms with van der Waals surface area (Å²) in [5.41, 5.74) is -0.379. The molecule has 0 bridgehead atoms. The summed E-state index contributed by atoms with van der Waals surface area (Å²) in [6.07, 6.45) is 1.80. The minimum atomic E-state index is -0.849. The van der Waals surface area contributed by atoms with Crippen molar-refractivity contribution in [3.63, 3.8) is 0 Å². The number of esters is 2. The lowest BCUT2D eigenvalue weighted by molar-refractivity contribution is -0.153. The summed E-state index contributed by atoms with van der Waals surface area (Å²) >= 11 is 0. The van der Waals surface area contributed by atoms with E-state index in [1.807, 2.05) is 13.8 Å². The van der Waals surface area contributed by atoms with E-state index < -0.39 is 20.9 Å². The van der Waals surface area contributed by atoms with Crippen LogP contribution in [0.1, 0.15) is 33.1 Å². The second kappa shape index (κ2) is 6.45. The second-order valence-corrected chi connectivity index (χ2v) is 7.18. The molecule has 1 aliphatic rings. The third-order valence-electron chi connectivity index (χ3n) is 3.85. The summed E-state index contributed by atoms with van der Waals surface area (Å²) in [5.74, 6) is -1.09. The van der Waals surface area contributed by atoms with Crippen molar-refractivity contribution in [3.8, 4) is 0 Å². The van der Waals surface area contributed by atoms with Gasteiger partial charge >= 0.3 is 11.9 Å². The zero-order valence-corrected chi connectivity index (χ0v) is 12.9. The van der Waals surface area contributed by atoms with Gasteiger partial charge in [-0.3, -0.25) is 9.59 Å². The van der Waals surface area contributed by atoms with E-state index in [2.05, 4.69) is 4.74 Å². The minimum Gasteiger partial charge on any atom is -0.393 e. The van der Waals surface area contributed by atoms with E-state index in [1.54, 1.807) is 14.2 Å². The largest absolute Gasteiger partial charge is 0.393 e. The van der Waals surface area contributed by atoms with Crippen LogP contribution in [0.15, 0.2) is 0 Å². The smallest absolute Gasteiger partial charge is 0.317 e. The van der Waals surface area contributed by atoms with Crippen molar-refractivity contribution in [1.82, 2.24) is 0 Å². The molecule has 0 N–H and O–H groups in total. The standard InChI is InChI=1S/C12H22O5Si/c1-5-9(8-7-10(13)17-11(8)14)18-12(6-2,15-3)16-4/h8-9H,5-7,18H2,1-4H3. The van der Waals surface area contributed by atoms with Crippen molar-refractivity contribution in [3.05, 3.63) is 0 Å². The van der Waals surface area contributed by atoms with E-state index >= 15 is 0 Å². The van der Waals surface area contributed by atoms with Gasteiger partial charge in [-0.2, -0.15) is 0 Å². The van der Waals surface area contributed by atoms with Crippen LogP contribution in [0.25, 0.3) is 0 Å². The van der Waals surface area contributed by atoms with Gasteiger partial charge in [-0.25, -0.2) is 0 Å². The first-order chi connectivity index (χ1) is 8.51. The third kappa shape index (κ3) is 3.18. The van der Waals surface area contributed by atoms with E-state index in [4.69, 9.17) is 9.47 Å². The number of hydrogen-bond acceptors (Lipinski definition) is 5. The predicted octanol–water partition coefficient (Wildman–Crippen LogP) is 0.800. The van der Waals surface area contributed by atoms with Gasteiger partial charge in [-0.15, -0.1) is 0 Å². The summed E-state index contributed by atoms with van der Waals surface area (Å²) in [6.45, 7) is 4.03. The van der Waals surface area contributed by atoms with Crippen molar-refractivity contribution in [2.45, 2.75) is 44.1 Å². The molecular formula is C12H22O5Si. The first-order valence-corrected chi connectivity index (χ1v) is 7.89. The van der Waals surface area contributed by atoms with Crippen LogP contribution in [0.2, 0.25) is 5.54 Å². The SMILES string of the molecule is CCC([SiH2]C(CC)(OC)OC)C1CC(=O)OC1=O. The van der Waals surface area contributed by atoms with Crippen LogP contribution < -0.4 is 0 Å². The lowest BCUT2D eigenvalue weighted by Crippen LogP contribution is -2.43. The van der Waals surface area contributed by atoms with Crippen LogP contribution in [0.5, 0.6) is 0 Å². The molecule has 1 aliphatic heterocycles. The van der Waals surface area contributed by atoms with Crippen molar-refractivity contribution < 1.29 is 23.8 Å². The van der Waals surface area contributed by atoms with Gasteiger partial charge in [0.25, 0.3) is 0 Å². The Morgan fingerprint density at radius 1 is 1.39 bits per heavy atom. The van der Waals surface area contributed by atoms with Gasteiger partial charge < -0.3 is 14.2 Å². The van der Waals surface area contributed by atoms with Crippen LogP contribution in [-0.2, 0) is 23.8 Å². The number of methoxy groups -OCH3 is 2. The molecule has 104 valence electrons. The van der Waals surface area contributed by atoms with Crippen LogP contribution in [0, 0.1) is 5.92 Å². The Bertz CT molecular complexity index is 305. The highest BCUT2D eigenvalue weighted by Gasteiger charge is 2.42. The molecule has 18 heavy (non-hydrogen) atoms. The molecular weight excluding hydrogens is 252 g/mol. The van der Waals surface area contributed by atoms with E-state index in [-0.39, 0.29) is 23.8 Å². The Hall–Kier alpha value is -0.723. The maximum atomic E-state index is 11.6.